The monoisotopic (exact) mass is 515 g/mol. The molecule has 0 bridgehead atoms. The highest BCUT2D eigenvalue weighted by atomic mass is 127. The summed E-state index contributed by atoms with van der Waals surface area (Å²) >= 11 is 0. The fraction of sp³-hybridized carbons (Fsp3) is 0.667. The minimum Gasteiger partial charge on any atom is -0.469 e. The number of hydrogen-bond donors (Lipinski definition) is 1. The van der Waals surface area contributed by atoms with Gasteiger partial charge >= 0.3 is 5.97 Å². The van der Waals surface area contributed by atoms with E-state index < -0.39 is 0 Å². The molecule has 2 atom stereocenters. The molecule has 29 heavy (non-hydrogen) atoms. The number of likely N-dealkylation sites (tertiary alicyclic amines) is 1. The molecule has 1 aromatic rings. The van der Waals surface area contributed by atoms with E-state index in [1.165, 1.54) is 38.4 Å². The molecule has 2 aliphatic rings. The minimum absolute atomic E-state index is 0. The van der Waals surface area contributed by atoms with E-state index in [1.807, 2.05) is 12.3 Å². The molecule has 8 heteroatoms. The molecule has 2 unspecified atom stereocenters. The lowest BCUT2D eigenvalue weighted by molar-refractivity contribution is -0.145. The number of ether oxygens (including phenoxy) is 1. The number of aromatic nitrogens is 1. The van der Waals surface area contributed by atoms with Crippen LogP contribution < -0.4 is 10.2 Å². The fourth-order valence-corrected chi connectivity index (χ4v) is 4.15. The third-order valence-corrected chi connectivity index (χ3v) is 5.82. The summed E-state index contributed by atoms with van der Waals surface area (Å²) in [5.41, 5.74) is 1.19. The second-order valence-electron chi connectivity index (χ2n) is 7.84. The SMILES string of the molecule is CN=C(NCc1ccnc(N2CCCCCC2)c1)N1CC(C)C(C(=O)OC)C1.I. The predicted molar refractivity (Wildman–Crippen MR) is 127 cm³/mol. The first-order chi connectivity index (χ1) is 13.6. The molecule has 0 amide bonds. The second kappa shape index (κ2) is 11.6. The van der Waals surface area contributed by atoms with Gasteiger partial charge < -0.3 is 19.9 Å². The van der Waals surface area contributed by atoms with E-state index in [1.54, 1.807) is 7.05 Å². The summed E-state index contributed by atoms with van der Waals surface area (Å²) in [6, 6.07) is 4.22. The van der Waals surface area contributed by atoms with E-state index in [9.17, 15) is 4.79 Å². The number of carbonyl (C=O) groups excluding carboxylic acids is 1. The number of carbonyl (C=O) groups is 1. The lowest BCUT2D eigenvalue weighted by atomic mass is 9.99. The van der Waals surface area contributed by atoms with Crippen LogP contribution in [-0.2, 0) is 16.1 Å². The molecule has 2 saturated heterocycles. The number of anilines is 1. The Labute approximate surface area is 191 Å². The number of hydrogen-bond acceptors (Lipinski definition) is 5. The van der Waals surface area contributed by atoms with E-state index in [2.05, 4.69) is 38.1 Å². The van der Waals surface area contributed by atoms with Crippen molar-refractivity contribution in [2.75, 3.05) is 45.2 Å². The molecule has 3 rings (SSSR count). The summed E-state index contributed by atoms with van der Waals surface area (Å²) < 4.78 is 4.94. The van der Waals surface area contributed by atoms with Gasteiger partial charge in [0.05, 0.1) is 13.0 Å². The summed E-state index contributed by atoms with van der Waals surface area (Å²) in [4.78, 5) is 25.5. The Morgan fingerprint density at radius 2 is 2.00 bits per heavy atom. The molecule has 7 nitrogen and oxygen atoms in total. The van der Waals surface area contributed by atoms with Gasteiger partial charge in [0.2, 0.25) is 0 Å². The first-order valence-electron chi connectivity index (χ1n) is 10.4. The number of guanidine groups is 1. The number of rotatable bonds is 4. The van der Waals surface area contributed by atoms with Crippen LogP contribution in [0.4, 0.5) is 5.82 Å². The Bertz CT molecular complexity index is 691. The predicted octanol–water partition coefficient (Wildman–Crippen LogP) is 2.90. The van der Waals surface area contributed by atoms with Gasteiger partial charge in [0.15, 0.2) is 5.96 Å². The molecule has 162 valence electrons. The molecule has 1 N–H and O–H groups in total. The standard InChI is InChI=1S/C21H33N5O2.HI/c1-16-14-26(15-18(16)20(27)28-3)21(22-2)24-13-17-8-9-23-19(12-17)25-10-6-4-5-7-11-25;/h8-9,12,16,18H,4-7,10-11,13-15H2,1-3H3,(H,22,24);1H. The average molecular weight is 515 g/mol. The van der Waals surface area contributed by atoms with E-state index in [0.717, 1.165) is 31.4 Å². The lowest BCUT2D eigenvalue weighted by Gasteiger charge is -2.23. The van der Waals surface area contributed by atoms with E-state index >= 15 is 0 Å². The van der Waals surface area contributed by atoms with E-state index in [0.29, 0.717) is 13.1 Å². The van der Waals surface area contributed by atoms with Crippen molar-refractivity contribution in [2.45, 2.75) is 39.2 Å². The number of halogens is 1. The lowest BCUT2D eigenvalue weighted by Crippen LogP contribution is -2.40. The molecule has 2 fully saturated rings. The highest BCUT2D eigenvalue weighted by Crippen LogP contribution is 2.24. The summed E-state index contributed by atoms with van der Waals surface area (Å²) in [6.07, 6.45) is 7.01. The Kier molecular flexibility index (Phi) is 9.45. The molecule has 3 heterocycles. The first kappa shape index (κ1) is 23.7. The van der Waals surface area contributed by atoms with Gasteiger partial charge in [0.1, 0.15) is 5.82 Å². The van der Waals surface area contributed by atoms with Crippen LogP contribution in [0.3, 0.4) is 0 Å². The Hall–Kier alpha value is -1.58. The van der Waals surface area contributed by atoms with Gasteiger partial charge in [-0.3, -0.25) is 9.79 Å². The topological polar surface area (TPSA) is 70.1 Å². The van der Waals surface area contributed by atoms with Crippen molar-refractivity contribution in [1.29, 1.82) is 0 Å². The maximum Gasteiger partial charge on any atom is 0.310 e. The molecule has 0 aliphatic carbocycles. The number of nitrogens with one attached hydrogen (secondary N) is 1. The van der Waals surface area contributed by atoms with Crippen LogP contribution in [-0.4, -0.2) is 62.1 Å². The Balaban J connectivity index is 0.00000300. The molecule has 2 aliphatic heterocycles. The molecule has 0 spiro atoms. The number of nitrogens with zero attached hydrogens (tertiary/aromatic N) is 4. The highest BCUT2D eigenvalue weighted by molar-refractivity contribution is 14.0. The zero-order valence-corrected chi connectivity index (χ0v) is 20.1. The van der Waals surface area contributed by atoms with Gasteiger partial charge in [-0.05, 0) is 36.5 Å². The quantitative estimate of drug-likeness (QED) is 0.288. The summed E-state index contributed by atoms with van der Waals surface area (Å²) in [6.45, 7) is 6.39. The zero-order valence-electron chi connectivity index (χ0n) is 17.8. The van der Waals surface area contributed by atoms with Crippen molar-refractivity contribution in [2.24, 2.45) is 16.8 Å². The van der Waals surface area contributed by atoms with Crippen molar-refractivity contribution in [3.8, 4) is 0 Å². The Morgan fingerprint density at radius 3 is 2.66 bits per heavy atom. The van der Waals surface area contributed by atoms with Crippen LogP contribution in [0, 0.1) is 11.8 Å². The number of methoxy groups -OCH3 is 1. The smallest absolute Gasteiger partial charge is 0.310 e. The van der Waals surface area contributed by atoms with Crippen molar-refractivity contribution in [3.05, 3.63) is 23.9 Å². The maximum absolute atomic E-state index is 12.0. The summed E-state index contributed by atoms with van der Waals surface area (Å²) in [5, 5.41) is 3.45. The number of esters is 1. The second-order valence-corrected chi connectivity index (χ2v) is 7.84. The third kappa shape index (κ3) is 6.20. The van der Waals surface area contributed by atoms with Crippen LogP contribution in [0.2, 0.25) is 0 Å². The molecule has 0 aromatic carbocycles. The first-order valence-corrected chi connectivity index (χ1v) is 10.4. The summed E-state index contributed by atoms with van der Waals surface area (Å²) in [7, 11) is 3.24. The maximum atomic E-state index is 12.0. The van der Waals surface area contributed by atoms with Gasteiger partial charge in [0, 0.05) is 46.0 Å². The summed E-state index contributed by atoms with van der Waals surface area (Å²) in [5.74, 6) is 1.91. The number of aliphatic imine (C=N–C) groups is 1. The highest BCUT2D eigenvalue weighted by Gasteiger charge is 2.36. The van der Waals surface area contributed by atoms with Crippen molar-refractivity contribution in [1.82, 2.24) is 15.2 Å². The Morgan fingerprint density at radius 1 is 1.28 bits per heavy atom. The van der Waals surface area contributed by atoms with Crippen molar-refractivity contribution < 1.29 is 9.53 Å². The molecular formula is C21H34IN5O2. The van der Waals surface area contributed by atoms with Crippen molar-refractivity contribution >= 4 is 41.7 Å². The largest absolute Gasteiger partial charge is 0.469 e. The third-order valence-electron chi connectivity index (χ3n) is 5.82. The zero-order chi connectivity index (χ0) is 19.9. The van der Waals surface area contributed by atoms with E-state index in [4.69, 9.17) is 4.74 Å². The number of pyridine rings is 1. The van der Waals surface area contributed by atoms with Gasteiger partial charge in [-0.1, -0.05) is 19.8 Å². The van der Waals surface area contributed by atoms with Crippen LogP contribution in [0.15, 0.2) is 23.3 Å². The van der Waals surface area contributed by atoms with Crippen LogP contribution in [0.25, 0.3) is 0 Å². The van der Waals surface area contributed by atoms with Gasteiger partial charge in [-0.15, -0.1) is 24.0 Å². The minimum atomic E-state index is -0.137. The normalized spacial score (nSPS) is 22.7. The van der Waals surface area contributed by atoms with Crippen LogP contribution in [0.1, 0.15) is 38.2 Å². The molecule has 0 saturated carbocycles. The van der Waals surface area contributed by atoms with Gasteiger partial charge in [-0.25, -0.2) is 4.98 Å². The van der Waals surface area contributed by atoms with Gasteiger partial charge in [0.25, 0.3) is 0 Å². The average Bonchev–Trinajstić information content (AvgIpc) is 2.93. The van der Waals surface area contributed by atoms with Gasteiger partial charge in [-0.2, -0.15) is 0 Å². The van der Waals surface area contributed by atoms with Crippen molar-refractivity contribution in [3.63, 3.8) is 0 Å². The van der Waals surface area contributed by atoms with E-state index in [-0.39, 0.29) is 41.8 Å². The van der Waals surface area contributed by atoms with Crippen LogP contribution >= 0.6 is 24.0 Å². The molecule has 0 radical (unpaired) electrons. The van der Waals surface area contributed by atoms with Crippen LogP contribution in [0.5, 0.6) is 0 Å². The molecule has 1 aromatic heterocycles. The molecular weight excluding hydrogens is 481 g/mol. The fourth-order valence-electron chi connectivity index (χ4n) is 4.15.